The van der Waals surface area contributed by atoms with Gasteiger partial charge in [-0.3, -0.25) is 0 Å². The highest BCUT2D eigenvalue weighted by Crippen LogP contribution is 2.23. The van der Waals surface area contributed by atoms with Crippen molar-refractivity contribution in [3.8, 4) is 5.75 Å². The number of halogens is 1. The Labute approximate surface area is 197 Å². The van der Waals surface area contributed by atoms with Gasteiger partial charge in [-0.25, -0.2) is 4.79 Å². The van der Waals surface area contributed by atoms with E-state index in [1.54, 1.807) is 18.2 Å². The van der Waals surface area contributed by atoms with Gasteiger partial charge in [-0.2, -0.15) is 0 Å². The SMILES string of the molecule is CCCCCCCCCCC(CCCCCCCC)COc1ccccc1C(=O)O.Cl. The van der Waals surface area contributed by atoms with Gasteiger partial charge in [0, 0.05) is 0 Å². The second-order valence-electron chi connectivity index (χ2n) is 8.80. The van der Waals surface area contributed by atoms with Gasteiger partial charge in [0.15, 0.2) is 0 Å². The molecule has 0 bridgehead atoms. The van der Waals surface area contributed by atoms with Crippen LogP contribution in [0.4, 0.5) is 0 Å². The summed E-state index contributed by atoms with van der Waals surface area (Å²) in [4.78, 5) is 11.4. The summed E-state index contributed by atoms with van der Waals surface area (Å²) in [5, 5.41) is 9.37. The Kier molecular flexibility index (Phi) is 19.9. The van der Waals surface area contributed by atoms with Crippen LogP contribution < -0.4 is 4.74 Å². The van der Waals surface area contributed by atoms with Crippen molar-refractivity contribution in [2.24, 2.45) is 5.92 Å². The number of para-hydroxylation sites is 1. The molecule has 1 atom stereocenters. The number of hydrogen-bond acceptors (Lipinski definition) is 2. The number of ether oxygens (including phenoxy) is 1. The highest BCUT2D eigenvalue weighted by Gasteiger charge is 2.14. The predicted molar refractivity (Wildman–Crippen MR) is 135 cm³/mol. The molecule has 0 radical (unpaired) electrons. The summed E-state index contributed by atoms with van der Waals surface area (Å²) in [6.45, 7) is 5.16. The molecule has 0 spiro atoms. The van der Waals surface area contributed by atoms with Gasteiger partial charge in [0.25, 0.3) is 0 Å². The Morgan fingerprint density at radius 3 is 1.71 bits per heavy atom. The number of benzene rings is 1. The lowest BCUT2D eigenvalue weighted by atomic mass is 9.94. The van der Waals surface area contributed by atoms with Crippen molar-refractivity contribution in [2.45, 2.75) is 117 Å². The van der Waals surface area contributed by atoms with E-state index in [2.05, 4.69) is 13.8 Å². The zero-order chi connectivity index (χ0) is 21.9. The van der Waals surface area contributed by atoms with Crippen LogP contribution in [0.1, 0.15) is 127 Å². The summed E-state index contributed by atoms with van der Waals surface area (Å²) in [6, 6.07) is 7.01. The predicted octanol–water partition coefficient (Wildman–Crippen LogP) is 9.08. The summed E-state index contributed by atoms with van der Waals surface area (Å²) >= 11 is 0. The zero-order valence-electron chi connectivity index (χ0n) is 20.1. The molecule has 1 aromatic rings. The fraction of sp³-hybridized carbons (Fsp3) is 0.741. The third kappa shape index (κ3) is 15.3. The molecule has 3 nitrogen and oxygen atoms in total. The van der Waals surface area contributed by atoms with Crippen molar-refractivity contribution < 1.29 is 14.6 Å². The van der Waals surface area contributed by atoms with E-state index in [0.717, 1.165) is 0 Å². The largest absolute Gasteiger partial charge is 0.492 e. The van der Waals surface area contributed by atoms with Crippen molar-refractivity contribution in [2.75, 3.05) is 6.61 Å². The molecule has 0 fully saturated rings. The van der Waals surface area contributed by atoms with Crippen LogP contribution in [0.15, 0.2) is 24.3 Å². The average Bonchev–Trinajstić information content (AvgIpc) is 2.75. The van der Waals surface area contributed by atoms with E-state index < -0.39 is 5.97 Å². The molecule has 0 aliphatic heterocycles. The quantitative estimate of drug-likeness (QED) is 0.200. The molecule has 0 aliphatic carbocycles. The summed E-state index contributed by atoms with van der Waals surface area (Å²) in [5.74, 6) is 0.119. The van der Waals surface area contributed by atoms with Crippen molar-refractivity contribution in [3.63, 3.8) is 0 Å². The average molecular weight is 455 g/mol. The Morgan fingerprint density at radius 1 is 0.774 bits per heavy atom. The van der Waals surface area contributed by atoms with Gasteiger partial charge >= 0.3 is 5.97 Å². The molecular weight excluding hydrogens is 408 g/mol. The van der Waals surface area contributed by atoms with Crippen LogP contribution in [0, 0.1) is 5.92 Å². The Hall–Kier alpha value is -1.22. The Bertz CT molecular complexity index is 547. The highest BCUT2D eigenvalue weighted by molar-refractivity contribution is 5.90. The van der Waals surface area contributed by atoms with E-state index in [-0.39, 0.29) is 18.0 Å². The van der Waals surface area contributed by atoms with Crippen LogP contribution in [0.3, 0.4) is 0 Å². The Morgan fingerprint density at radius 2 is 1.23 bits per heavy atom. The molecule has 180 valence electrons. The van der Waals surface area contributed by atoms with Crippen LogP contribution >= 0.6 is 12.4 Å². The minimum Gasteiger partial charge on any atom is -0.492 e. The lowest BCUT2D eigenvalue weighted by molar-refractivity contribution is 0.0691. The number of hydrogen-bond donors (Lipinski definition) is 1. The molecule has 1 rings (SSSR count). The minimum absolute atomic E-state index is 0. The van der Waals surface area contributed by atoms with Crippen molar-refractivity contribution in [3.05, 3.63) is 29.8 Å². The number of aromatic carboxylic acids is 1. The first-order chi connectivity index (χ1) is 14.7. The van der Waals surface area contributed by atoms with E-state index in [9.17, 15) is 9.90 Å². The monoisotopic (exact) mass is 454 g/mol. The van der Waals surface area contributed by atoms with Gasteiger partial charge in [0.1, 0.15) is 11.3 Å². The fourth-order valence-corrected chi connectivity index (χ4v) is 4.07. The van der Waals surface area contributed by atoms with Crippen LogP contribution in [0.5, 0.6) is 5.75 Å². The maximum atomic E-state index is 11.4. The summed E-state index contributed by atoms with van der Waals surface area (Å²) in [6.07, 6.45) is 21.0. The first-order valence-electron chi connectivity index (χ1n) is 12.6. The van der Waals surface area contributed by atoms with E-state index in [1.165, 1.54) is 103 Å². The maximum absolute atomic E-state index is 11.4. The lowest BCUT2D eigenvalue weighted by Gasteiger charge is -2.19. The second-order valence-corrected chi connectivity index (χ2v) is 8.80. The molecule has 0 amide bonds. The molecule has 0 saturated heterocycles. The normalized spacial score (nSPS) is 11.7. The molecule has 0 aromatic heterocycles. The first kappa shape index (κ1) is 29.8. The van der Waals surface area contributed by atoms with E-state index in [4.69, 9.17) is 4.74 Å². The third-order valence-corrected chi connectivity index (χ3v) is 6.02. The number of rotatable bonds is 20. The van der Waals surface area contributed by atoms with E-state index in [0.29, 0.717) is 18.3 Å². The molecule has 0 aliphatic rings. The topological polar surface area (TPSA) is 46.5 Å². The number of carboxylic acid groups (broad SMARTS) is 1. The third-order valence-electron chi connectivity index (χ3n) is 6.02. The van der Waals surface area contributed by atoms with Gasteiger partial charge in [-0.1, -0.05) is 116 Å². The smallest absolute Gasteiger partial charge is 0.339 e. The van der Waals surface area contributed by atoms with Crippen LogP contribution in [-0.2, 0) is 0 Å². The van der Waals surface area contributed by atoms with Gasteiger partial charge in [0.05, 0.1) is 6.61 Å². The van der Waals surface area contributed by atoms with Gasteiger partial charge in [-0.05, 0) is 30.9 Å². The summed E-state index contributed by atoms with van der Waals surface area (Å²) < 4.78 is 6.00. The number of carboxylic acids is 1. The summed E-state index contributed by atoms with van der Waals surface area (Å²) in [5.41, 5.74) is 0.267. The minimum atomic E-state index is -0.916. The summed E-state index contributed by atoms with van der Waals surface area (Å²) in [7, 11) is 0. The molecular formula is C27H47ClO3. The molecule has 0 saturated carbocycles. The van der Waals surface area contributed by atoms with E-state index in [1.807, 2.05) is 6.07 Å². The molecule has 31 heavy (non-hydrogen) atoms. The Balaban J connectivity index is 0.00000900. The lowest BCUT2D eigenvalue weighted by Crippen LogP contribution is -2.14. The second kappa shape index (κ2) is 20.7. The van der Waals surface area contributed by atoms with Gasteiger partial charge < -0.3 is 9.84 Å². The number of unbranched alkanes of at least 4 members (excludes halogenated alkanes) is 12. The van der Waals surface area contributed by atoms with Crippen molar-refractivity contribution in [1.82, 2.24) is 0 Å². The van der Waals surface area contributed by atoms with Crippen molar-refractivity contribution in [1.29, 1.82) is 0 Å². The number of carbonyl (C=O) groups is 1. The molecule has 0 heterocycles. The fourth-order valence-electron chi connectivity index (χ4n) is 4.07. The maximum Gasteiger partial charge on any atom is 0.339 e. The standard InChI is InChI=1S/C27H46O3.ClH/c1-3-5-7-9-11-12-14-16-20-24(19-15-13-10-8-6-4-2)23-30-26-22-18-17-21-25(26)27(28)29;/h17-18,21-22,24H,3-16,19-20,23H2,1-2H3,(H,28,29);1H. The van der Waals surface area contributed by atoms with Crippen molar-refractivity contribution >= 4 is 18.4 Å². The highest BCUT2D eigenvalue weighted by atomic mass is 35.5. The van der Waals surface area contributed by atoms with Gasteiger partial charge in [-0.15, -0.1) is 12.4 Å². The molecule has 1 unspecified atom stereocenters. The van der Waals surface area contributed by atoms with Gasteiger partial charge in [0.2, 0.25) is 0 Å². The van der Waals surface area contributed by atoms with E-state index >= 15 is 0 Å². The first-order valence-corrected chi connectivity index (χ1v) is 12.6. The zero-order valence-corrected chi connectivity index (χ0v) is 20.9. The molecule has 1 aromatic carbocycles. The van der Waals surface area contributed by atoms with Crippen LogP contribution in [0.25, 0.3) is 0 Å². The molecule has 4 heteroatoms. The van der Waals surface area contributed by atoms with Crippen LogP contribution in [0.2, 0.25) is 0 Å². The van der Waals surface area contributed by atoms with Crippen LogP contribution in [-0.4, -0.2) is 17.7 Å². The molecule has 1 N–H and O–H groups in total.